The zero-order valence-electron chi connectivity index (χ0n) is 17.4. The first-order valence-electron chi connectivity index (χ1n) is 11.1. The van der Waals surface area contributed by atoms with Gasteiger partial charge in [0.2, 0.25) is 0 Å². The second kappa shape index (κ2) is 9.25. The summed E-state index contributed by atoms with van der Waals surface area (Å²) >= 11 is 0. The van der Waals surface area contributed by atoms with Crippen LogP contribution in [0.4, 0.5) is 5.69 Å². The Labute approximate surface area is 178 Å². The molecule has 2 aliphatic rings. The Hall–Kier alpha value is -2.28. The molecule has 0 bridgehead atoms. The molecule has 1 heterocycles. The first kappa shape index (κ1) is 21.0. The summed E-state index contributed by atoms with van der Waals surface area (Å²) in [5, 5.41) is 27.1. The molecular weight excluding hydrogens is 378 g/mol. The Morgan fingerprint density at radius 2 is 1.73 bits per heavy atom. The predicted octanol–water partition coefficient (Wildman–Crippen LogP) is 3.95. The second-order valence-electron chi connectivity index (χ2n) is 8.66. The normalized spacial score (nSPS) is 20.6. The first-order chi connectivity index (χ1) is 14.6. The summed E-state index contributed by atoms with van der Waals surface area (Å²) in [6.07, 6.45) is 4.50. The molecule has 1 atom stereocenters. The van der Waals surface area contributed by atoms with Crippen LogP contribution in [-0.4, -0.2) is 53.3 Å². The van der Waals surface area contributed by atoms with Crippen LogP contribution in [0, 0.1) is 10.1 Å². The van der Waals surface area contributed by atoms with Gasteiger partial charge in [-0.25, -0.2) is 0 Å². The van der Waals surface area contributed by atoms with Crippen LogP contribution >= 0.6 is 0 Å². The van der Waals surface area contributed by atoms with Crippen molar-refractivity contribution in [1.29, 1.82) is 0 Å². The molecule has 2 N–H and O–H groups in total. The number of benzene rings is 2. The van der Waals surface area contributed by atoms with Gasteiger partial charge in [-0.15, -0.1) is 0 Å². The number of nitro benzene ring substituents is 1. The van der Waals surface area contributed by atoms with Gasteiger partial charge >= 0.3 is 0 Å². The molecule has 1 aliphatic heterocycles. The number of nitrogens with one attached hydrogen (secondary N) is 1. The van der Waals surface area contributed by atoms with Crippen LogP contribution in [0.2, 0.25) is 0 Å². The van der Waals surface area contributed by atoms with E-state index in [1.165, 1.54) is 0 Å². The van der Waals surface area contributed by atoms with Gasteiger partial charge in [-0.2, -0.15) is 0 Å². The van der Waals surface area contributed by atoms with Crippen LogP contribution in [0.5, 0.6) is 0 Å². The highest BCUT2D eigenvalue weighted by atomic mass is 16.6. The SMILES string of the molecule is O=[N+]([O-])c1cc(-c2ccccc2)ccc1C(CN1CCNCC1)C1(O)CCCCC1. The Morgan fingerprint density at radius 1 is 1.03 bits per heavy atom. The van der Waals surface area contributed by atoms with E-state index in [2.05, 4.69) is 10.2 Å². The minimum atomic E-state index is -0.887. The van der Waals surface area contributed by atoms with E-state index in [1.807, 2.05) is 42.5 Å². The lowest BCUT2D eigenvalue weighted by molar-refractivity contribution is -0.386. The lowest BCUT2D eigenvalue weighted by Crippen LogP contribution is -2.49. The quantitative estimate of drug-likeness (QED) is 0.558. The average molecular weight is 410 g/mol. The highest BCUT2D eigenvalue weighted by Crippen LogP contribution is 2.44. The maximum Gasteiger partial charge on any atom is 0.273 e. The average Bonchev–Trinajstić information content (AvgIpc) is 2.79. The molecule has 160 valence electrons. The molecule has 4 rings (SSSR count). The molecule has 0 amide bonds. The molecule has 1 saturated carbocycles. The number of aliphatic hydroxyl groups is 1. The smallest absolute Gasteiger partial charge is 0.273 e. The number of nitrogens with zero attached hydrogens (tertiary/aromatic N) is 2. The fourth-order valence-electron chi connectivity index (χ4n) is 5.03. The summed E-state index contributed by atoms with van der Waals surface area (Å²) in [7, 11) is 0. The molecule has 6 heteroatoms. The van der Waals surface area contributed by atoms with Gasteiger partial charge < -0.3 is 15.3 Å². The molecule has 0 aromatic heterocycles. The monoisotopic (exact) mass is 409 g/mol. The third-order valence-electron chi connectivity index (χ3n) is 6.73. The number of hydrogen-bond donors (Lipinski definition) is 2. The molecule has 0 spiro atoms. The molecule has 1 aliphatic carbocycles. The molecule has 1 saturated heterocycles. The van der Waals surface area contributed by atoms with Crippen LogP contribution in [0.25, 0.3) is 11.1 Å². The lowest BCUT2D eigenvalue weighted by atomic mass is 9.72. The molecule has 2 aromatic carbocycles. The molecule has 2 aromatic rings. The zero-order chi connectivity index (χ0) is 21.0. The van der Waals surface area contributed by atoms with Gasteiger partial charge in [0.25, 0.3) is 5.69 Å². The van der Waals surface area contributed by atoms with E-state index in [4.69, 9.17) is 0 Å². The van der Waals surface area contributed by atoms with E-state index in [0.29, 0.717) is 24.9 Å². The lowest BCUT2D eigenvalue weighted by Gasteiger charge is -2.42. The molecule has 6 nitrogen and oxygen atoms in total. The topological polar surface area (TPSA) is 78.6 Å². The van der Waals surface area contributed by atoms with E-state index in [9.17, 15) is 15.2 Å². The third kappa shape index (κ3) is 4.56. The number of nitro groups is 1. The minimum Gasteiger partial charge on any atom is -0.389 e. The van der Waals surface area contributed by atoms with Gasteiger partial charge in [0.05, 0.1) is 10.5 Å². The Morgan fingerprint density at radius 3 is 2.40 bits per heavy atom. The van der Waals surface area contributed by atoms with Gasteiger partial charge in [0, 0.05) is 50.3 Å². The molecule has 1 unspecified atom stereocenters. The summed E-state index contributed by atoms with van der Waals surface area (Å²) in [6, 6.07) is 15.3. The van der Waals surface area contributed by atoms with Crippen LogP contribution in [-0.2, 0) is 0 Å². The molecule has 0 radical (unpaired) electrons. The number of piperazine rings is 1. The van der Waals surface area contributed by atoms with Crippen LogP contribution in [0.15, 0.2) is 48.5 Å². The largest absolute Gasteiger partial charge is 0.389 e. The van der Waals surface area contributed by atoms with Crippen molar-refractivity contribution in [2.24, 2.45) is 0 Å². The summed E-state index contributed by atoms with van der Waals surface area (Å²) in [5.74, 6) is -0.263. The van der Waals surface area contributed by atoms with E-state index in [1.54, 1.807) is 6.07 Å². The van der Waals surface area contributed by atoms with Gasteiger partial charge in [-0.3, -0.25) is 10.1 Å². The van der Waals surface area contributed by atoms with Crippen molar-refractivity contribution >= 4 is 5.69 Å². The minimum absolute atomic E-state index is 0.121. The summed E-state index contributed by atoms with van der Waals surface area (Å²) < 4.78 is 0. The van der Waals surface area contributed by atoms with E-state index in [0.717, 1.165) is 56.6 Å². The summed E-state index contributed by atoms with van der Waals surface area (Å²) in [6.45, 7) is 4.30. The van der Waals surface area contributed by atoms with Gasteiger partial charge in [0.1, 0.15) is 0 Å². The van der Waals surface area contributed by atoms with Crippen molar-refractivity contribution in [2.75, 3.05) is 32.7 Å². The molecule has 2 fully saturated rings. The second-order valence-corrected chi connectivity index (χ2v) is 8.66. The van der Waals surface area contributed by atoms with Gasteiger partial charge in [-0.05, 0) is 24.0 Å². The van der Waals surface area contributed by atoms with E-state index in [-0.39, 0.29) is 16.5 Å². The highest BCUT2D eigenvalue weighted by Gasteiger charge is 2.42. The van der Waals surface area contributed by atoms with Crippen LogP contribution in [0.1, 0.15) is 43.6 Å². The van der Waals surface area contributed by atoms with Crippen molar-refractivity contribution in [3.8, 4) is 11.1 Å². The van der Waals surface area contributed by atoms with Crippen molar-refractivity contribution < 1.29 is 10.0 Å². The van der Waals surface area contributed by atoms with E-state index < -0.39 is 5.60 Å². The van der Waals surface area contributed by atoms with Crippen molar-refractivity contribution in [1.82, 2.24) is 10.2 Å². The number of hydrogen-bond acceptors (Lipinski definition) is 5. The van der Waals surface area contributed by atoms with Crippen molar-refractivity contribution in [3.05, 3.63) is 64.2 Å². The fourth-order valence-corrected chi connectivity index (χ4v) is 5.03. The third-order valence-corrected chi connectivity index (χ3v) is 6.73. The van der Waals surface area contributed by atoms with Gasteiger partial charge in [-0.1, -0.05) is 61.7 Å². The van der Waals surface area contributed by atoms with Crippen LogP contribution in [0.3, 0.4) is 0 Å². The molecular formula is C24H31N3O3. The zero-order valence-corrected chi connectivity index (χ0v) is 17.4. The fraction of sp³-hybridized carbons (Fsp3) is 0.500. The number of rotatable bonds is 6. The highest BCUT2D eigenvalue weighted by molar-refractivity contribution is 5.68. The van der Waals surface area contributed by atoms with E-state index >= 15 is 0 Å². The van der Waals surface area contributed by atoms with Gasteiger partial charge in [0.15, 0.2) is 0 Å². The van der Waals surface area contributed by atoms with Crippen LogP contribution < -0.4 is 5.32 Å². The van der Waals surface area contributed by atoms with Crippen molar-refractivity contribution in [3.63, 3.8) is 0 Å². The molecule has 30 heavy (non-hydrogen) atoms. The first-order valence-corrected chi connectivity index (χ1v) is 11.1. The Balaban J connectivity index is 1.73. The predicted molar refractivity (Wildman–Crippen MR) is 119 cm³/mol. The van der Waals surface area contributed by atoms with Crippen molar-refractivity contribution in [2.45, 2.75) is 43.6 Å². The summed E-state index contributed by atoms with van der Waals surface area (Å²) in [4.78, 5) is 14.1. The Bertz CT molecular complexity index is 859. The maximum absolute atomic E-state index is 12.1. The summed E-state index contributed by atoms with van der Waals surface area (Å²) in [5.41, 5.74) is 1.70. The maximum atomic E-state index is 12.1. The Kier molecular flexibility index (Phi) is 6.46. The standard InChI is InChI=1S/C24H31N3O3/c28-24(11-5-2-6-12-24)22(18-26-15-13-25-14-16-26)21-10-9-20(17-23(21)27(29)30)19-7-3-1-4-8-19/h1,3-4,7-10,17,22,25,28H,2,5-6,11-16,18H2.